The minimum absolute atomic E-state index is 0.0732. The Bertz CT molecular complexity index is 810. The Morgan fingerprint density at radius 2 is 1.77 bits per heavy atom. The third-order valence-electron chi connectivity index (χ3n) is 3.76. The SMILES string of the molecule is C/C(=N\NC(=O)COc1ccc(C(C)(C)C)cc1)c1cc(Cl)ccc1Cl. The van der Waals surface area contributed by atoms with Crippen molar-refractivity contribution >= 4 is 34.8 Å². The molecule has 6 heteroatoms. The lowest BCUT2D eigenvalue weighted by Crippen LogP contribution is -2.25. The molecule has 0 heterocycles. The van der Waals surface area contributed by atoms with Crippen LogP contribution in [0.4, 0.5) is 0 Å². The lowest BCUT2D eigenvalue weighted by atomic mass is 9.87. The highest BCUT2D eigenvalue weighted by Gasteiger charge is 2.13. The minimum Gasteiger partial charge on any atom is -0.484 e. The molecule has 0 atom stereocenters. The molecule has 2 rings (SSSR count). The number of carbonyl (C=O) groups excluding carboxylic acids is 1. The second-order valence-corrected chi connectivity index (χ2v) is 7.76. The number of hydrazone groups is 1. The molecule has 0 radical (unpaired) electrons. The molecule has 26 heavy (non-hydrogen) atoms. The Labute approximate surface area is 164 Å². The molecule has 0 unspecified atom stereocenters. The van der Waals surface area contributed by atoms with Crippen LogP contribution in [0.15, 0.2) is 47.6 Å². The van der Waals surface area contributed by atoms with Gasteiger partial charge < -0.3 is 4.74 Å². The van der Waals surface area contributed by atoms with Crippen molar-refractivity contribution < 1.29 is 9.53 Å². The van der Waals surface area contributed by atoms with E-state index in [-0.39, 0.29) is 17.9 Å². The first kappa shape index (κ1) is 20.3. The van der Waals surface area contributed by atoms with E-state index in [1.165, 1.54) is 5.56 Å². The van der Waals surface area contributed by atoms with Gasteiger partial charge in [0, 0.05) is 15.6 Å². The summed E-state index contributed by atoms with van der Waals surface area (Å²) >= 11 is 12.1. The van der Waals surface area contributed by atoms with Crippen LogP contribution < -0.4 is 10.2 Å². The average molecular weight is 393 g/mol. The van der Waals surface area contributed by atoms with Crippen molar-refractivity contribution in [2.45, 2.75) is 33.1 Å². The van der Waals surface area contributed by atoms with E-state index in [4.69, 9.17) is 27.9 Å². The normalized spacial score (nSPS) is 12.0. The summed E-state index contributed by atoms with van der Waals surface area (Å²) in [5.41, 5.74) is 4.95. The van der Waals surface area contributed by atoms with Crippen molar-refractivity contribution in [1.29, 1.82) is 0 Å². The lowest BCUT2D eigenvalue weighted by Gasteiger charge is -2.19. The Balaban J connectivity index is 1.91. The number of halogens is 2. The fourth-order valence-corrected chi connectivity index (χ4v) is 2.64. The summed E-state index contributed by atoms with van der Waals surface area (Å²) in [6.45, 7) is 8.04. The van der Waals surface area contributed by atoms with E-state index < -0.39 is 0 Å². The summed E-state index contributed by atoms with van der Waals surface area (Å²) in [4.78, 5) is 11.9. The maximum absolute atomic E-state index is 11.9. The minimum atomic E-state index is -0.359. The number of nitrogens with zero attached hydrogens (tertiary/aromatic N) is 1. The molecule has 0 saturated heterocycles. The van der Waals surface area contributed by atoms with E-state index in [1.807, 2.05) is 24.3 Å². The van der Waals surface area contributed by atoms with Gasteiger partial charge in [-0.25, -0.2) is 5.43 Å². The van der Waals surface area contributed by atoms with Crippen LogP contribution in [0.3, 0.4) is 0 Å². The monoisotopic (exact) mass is 392 g/mol. The maximum Gasteiger partial charge on any atom is 0.277 e. The standard InChI is InChI=1S/C20H22Cl2N2O2/c1-13(17-11-15(21)7-10-18(17)22)23-24-19(25)12-26-16-8-5-14(6-9-16)20(2,3)4/h5-11H,12H2,1-4H3,(H,24,25)/b23-13+. The van der Waals surface area contributed by atoms with E-state index in [0.717, 1.165) is 0 Å². The predicted molar refractivity (Wildman–Crippen MR) is 107 cm³/mol. The molecule has 4 nitrogen and oxygen atoms in total. The zero-order chi connectivity index (χ0) is 19.3. The molecule has 0 bridgehead atoms. The Morgan fingerprint density at radius 1 is 1.12 bits per heavy atom. The number of rotatable bonds is 5. The van der Waals surface area contributed by atoms with Gasteiger partial charge in [-0.3, -0.25) is 4.79 Å². The molecule has 138 valence electrons. The van der Waals surface area contributed by atoms with Crippen molar-refractivity contribution in [2.75, 3.05) is 6.61 Å². The summed E-state index contributed by atoms with van der Waals surface area (Å²) in [5.74, 6) is 0.272. The smallest absolute Gasteiger partial charge is 0.277 e. The number of benzene rings is 2. The largest absolute Gasteiger partial charge is 0.484 e. The molecule has 1 amide bonds. The molecular weight excluding hydrogens is 371 g/mol. The second kappa shape index (κ2) is 8.56. The average Bonchev–Trinajstić information content (AvgIpc) is 2.59. The molecule has 0 aliphatic rings. The number of amides is 1. The first-order valence-corrected chi connectivity index (χ1v) is 8.94. The summed E-state index contributed by atoms with van der Waals surface area (Å²) in [7, 11) is 0. The van der Waals surface area contributed by atoms with E-state index >= 15 is 0 Å². The number of nitrogens with one attached hydrogen (secondary N) is 1. The highest BCUT2D eigenvalue weighted by atomic mass is 35.5. The van der Waals surface area contributed by atoms with Gasteiger partial charge in [0.25, 0.3) is 5.91 Å². The first-order valence-electron chi connectivity index (χ1n) is 8.19. The molecular formula is C20H22Cl2N2O2. The molecule has 0 aliphatic carbocycles. The van der Waals surface area contributed by atoms with Gasteiger partial charge in [-0.2, -0.15) is 5.10 Å². The molecule has 2 aromatic carbocycles. The fraction of sp³-hybridized carbons (Fsp3) is 0.300. The number of carbonyl (C=O) groups is 1. The molecule has 2 aromatic rings. The summed E-state index contributed by atoms with van der Waals surface area (Å²) in [5, 5.41) is 5.11. The Kier molecular flexibility index (Phi) is 6.68. The van der Waals surface area contributed by atoms with Crippen molar-refractivity contribution in [3.05, 3.63) is 63.6 Å². The van der Waals surface area contributed by atoms with Crippen LogP contribution >= 0.6 is 23.2 Å². The predicted octanol–water partition coefficient (Wildman–Crippen LogP) is 5.21. The zero-order valence-corrected chi connectivity index (χ0v) is 16.8. The molecule has 0 spiro atoms. The van der Waals surface area contributed by atoms with Crippen LogP contribution in [0.25, 0.3) is 0 Å². The molecule has 0 aliphatic heterocycles. The topological polar surface area (TPSA) is 50.7 Å². The van der Waals surface area contributed by atoms with E-state index in [0.29, 0.717) is 27.1 Å². The van der Waals surface area contributed by atoms with Crippen molar-refractivity contribution in [3.8, 4) is 5.75 Å². The maximum atomic E-state index is 11.9. The zero-order valence-electron chi connectivity index (χ0n) is 15.3. The van der Waals surface area contributed by atoms with E-state index in [1.54, 1.807) is 25.1 Å². The fourth-order valence-electron chi connectivity index (χ4n) is 2.21. The third kappa shape index (κ3) is 5.75. The van der Waals surface area contributed by atoms with Gasteiger partial charge >= 0.3 is 0 Å². The second-order valence-electron chi connectivity index (χ2n) is 6.92. The molecule has 0 fully saturated rings. The number of hydrogen-bond donors (Lipinski definition) is 1. The van der Waals surface area contributed by atoms with Gasteiger partial charge in [0.15, 0.2) is 6.61 Å². The highest BCUT2D eigenvalue weighted by molar-refractivity contribution is 6.36. The van der Waals surface area contributed by atoms with Gasteiger partial charge in [0.2, 0.25) is 0 Å². The number of ether oxygens (including phenoxy) is 1. The van der Waals surface area contributed by atoms with E-state index in [9.17, 15) is 4.79 Å². The first-order chi connectivity index (χ1) is 12.2. The Hall–Kier alpha value is -2.04. The third-order valence-corrected chi connectivity index (χ3v) is 4.32. The Morgan fingerprint density at radius 3 is 2.38 bits per heavy atom. The van der Waals surface area contributed by atoms with Crippen LogP contribution in [0.2, 0.25) is 10.0 Å². The molecule has 0 aromatic heterocycles. The summed E-state index contributed by atoms with van der Waals surface area (Å²) in [6, 6.07) is 12.8. The lowest BCUT2D eigenvalue weighted by molar-refractivity contribution is -0.123. The summed E-state index contributed by atoms with van der Waals surface area (Å²) < 4.78 is 5.49. The van der Waals surface area contributed by atoms with Crippen molar-refractivity contribution in [3.63, 3.8) is 0 Å². The van der Waals surface area contributed by atoms with Crippen LogP contribution in [0, 0.1) is 0 Å². The van der Waals surface area contributed by atoms with Gasteiger partial charge in [0.05, 0.1) is 5.71 Å². The quantitative estimate of drug-likeness (QED) is 0.560. The molecule has 0 saturated carbocycles. The van der Waals surface area contributed by atoms with Crippen molar-refractivity contribution in [1.82, 2.24) is 5.43 Å². The van der Waals surface area contributed by atoms with Crippen LogP contribution in [-0.2, 0) is 10.2 Å². The van der Waals surface area contributed by atoms with Gasteiger partial charge in [-0.1, -0.05) is 56.1 Å². The molecule has 1 N–H and O–H groups in total. The number of hydrogen-bond acceptors (Lipinski definition) is 3. The van der Waals surface area contributed by atoms with Crippen molar-refractivity contribution in [2.24, 2.45) is 5.10 Å². The van der Waals surface area contributed by atoms with Crippen LogP contribution in [0.5, 0.6) is 5.75 Å². The van der Waals surface area contributed by atoms with Crippen LogP contribution in [-0.4, -0.2) is 18.2 Å². The van der Waals surface area contributed by atoms with Gasteiger partial charge in [-0.15, -0.1) is 0 Å². The summed E-state index contributed by atoms with van der Waals surface area (Å²) in [6.07, 6.45) is 0. The van der Waals surface area contributed by atoms with Gasteiger partial charge in [0.1, 0.15) is 5.75 Å². The highest BCUT2D eigenvalue weighted by Crippen LogP contribution is 2.24. The van der Waals surface area contributed by atoms with Gasteiger partial charge in [-0.05, 0) is 48.2 Å². The van der Waals surface area contributed by atoms with E-state index in [2.05, 4.69) is 31.3 Å². The van der Waals surface area contributed by atoms with Crippen LogP contribution in [0.1, 0.15) is 38.8 Å².